The van der Waals surface area contributed by atoms with Crippen molar-refractivity contribution in [1.29, 1.82) is 0 Å². The number of aliphatic imine (C=N–C) groups is 1. The fraction of sp³-hybridized carbons (Fsp3) is 0. The second kappa shape index (κ2) is 8.06. The van der Waals surface area contributed by atoms with Crippen LogP contribution in [0.5, 0.6) is 0 Å². The number of hydrogen-bond donors (Lipinski definition) is 1. The molecule has 4 nitrogen and oxygen atoms in total. The zero-order valence-corrected chi connectivity index (χ0v) is 15.6. The van der Waals surface area contributed by atoms with Crippen LogP contribution in [0, 0.1) is 0 Å². The van der Waals surface area contributed by atoms with Crippen molar-refractivity contribution in [3.05, 3.63) is 102 Å². The number of Topliss-reactive ketones (excluding diaryl/α,β-unsaturated/α-hetero) is 1. The van der Waals surface area contributed by atoms with Crippen LogP contribution in [0.3, 0.4) is 0 Å². The first-order chi connectivity index (χ1) is 13.7. The number of thioether (sulfide) groups is 1. The van der Waals surface area contributed by atoms with E-state index in [2.05, 4.69) is 10.3 Å². The number of benzene rings is 3. The van der Waals surface area contributed by atoms with Crippen LogP contribution in [-0.2, 0) is 9.59 Å². The fourth-order valence-corrected chi connectivity index (χ4v) is 3.67. The lowest BCUT2D eigenvalue weighted by Crippen LogP contribution is -2.13. The molecule has 1 heterocycles. The van der Waals surface area contributed by atoms with Gasteiger partial charge in [0.2, 0.25) is 5.78 Å². The molecule has 1 aliphatic rings. The SMILES string of the molecule is O=C1SC(=Nc2ccccc2)/C(=C(\Nc2ccccc2)c2ccccc2)C1=O. The molecule has 5 heteroatoms. The third-order valence-electron chi connectivity index (χ3n) is 4.16. The summed E-state index contributed by atoms with van der Waals surface area (Å²) in [5, 5.41) is 3.20. The molecule has 1 aliphatic heterocycles. The van der Waals surface area contributed by atoms with Gasteiger partial charge in [-0.05, 0) is 41.6 Å². The van der Waals surface area contributed by atoms with Gasteiger partial charge in [-0.2, -0.15) is 0 Å². The molecular formula is C23H16N2O2S. The molecule has 0 spiro atoms. The Labute approximate surface area is 167 Å². The number of hydrogen-bond acceptors (Lipinski definition) is 5. The number of carbonyl (C=O) groups excluding carboxylic acids is 2. The van der Waals surface area contributed by atoms with Crippen molar-refractivity contribution in [2.24, 2.45) is 4.99 Å². The average molecular weight is 384 g/mol. The third kappa shape index (κ3) is 3.80. The van der Waals surface area contributed by atoms with Crippen molar-refractivity contribution in [2.45, 2.75) is 0 Å². The lowest BCUT2D eigenvalue weighted by atomic mass is 10.0. The van der Waals surface area contributed by atoms with Gasteiger partial charge in [-0.1, -0.05) is 66.7 Å². The van der Waals surface area contributed by atoms with Crippen molar-refractivity contribution in [3.63, 3.8) is 0 Å². The van der Waals surface area contributed by atoms with Crippen molar-refractivity contribution in [2.75, 3.05) is 5.32 Å². The Bertz CT molecular complexity index is 1080. The lowest BCUT2D eigenvalue weighted by molar-refractivity contribution is -0.128. The van der Waals surface area contributed by atoms with E-state index in [4.69, 9.17) is 0 Å². The number of carbonyl (C=O) groups is 2. The van der Waals surface area contributed by atoms with Gasteiger partial charge in [-0.25, -0.2) is 4.99 Å². The zero-order valence-electron chi connectivity index (χ0n) is 14.8. The van der Waals surface area contributed by atoms with E-state index in [0.29, 0.717) is 22.0 Å². The minimum Gasteiger partial charge on any atom is -0.354 e. The van der Waals surface area contributed by atoms with Gasteiger partial charge < -0.3 is 5.32 Å². The van der Waals surface area contributed by atoms with Crippen LogP contribution in [0.1, 0.15) is 5.56 Å². The first-order valence-electron chi connectivity index (χ1n) is 8.75. The Balaban J connectivity index is 1.90. The van der Waals surface area contributed by atoms with Gasteiger partial charge in [0, 0.05) is 5.69 Å². The highest BCUT2D eigenvalue weighted by Gasteiger charge is 2.37. The van der Waals surface area contributed by atoms with Crippen LogP contribution in [-0.4, -0.2) is 15.9 Å². The molecule has 1 N–H and O–H groups in total. The van der Waals surface area contributed by atoms with E-state index >= 15 is 0 Å². The van der Waals surface area contributed by atoms with E-state index in [9.17, 15) is 9.59 Å². The summed E-state index contributed by atoms with van der Waals surface area (Å²) in [7, 11) is 0. The maximum absolute atomic E-state index is 12.8. The monoisotopic (exact) mass is 384 g/mol. The van der Waals surface area contributed by atoms with E-state index in [1.54, 1.807) is 0 Å². The summed E-state index contributed by atoms with van der Waals surface area (Å²) >= 11 is 0.874. The van der Waals surface area contributed by atoms with Crippen LogP contribution in [0.15, 0.2) is 102 Å². The maximum atomic E-state index is 12.8. The van der Waals surface area contributed by atoms with Gasteiger partial charge in [-0.3, -0.25) is 9.59 Å². The van der Waals surface area contributed by atoms with Crippen LogP contribution in [0.25, 0.3) is 5.70 Å². The molecule has 1 fully saturated rings. The standard InChI is InChI=1S/C23H16N2O2S/c26-21-19(22(28-23(21)27)25-18-14-8-3-9-15-18)20(16-10-4-1-5-11-16)24-17-12-6-2-7-13-17/h1-15,24H/b20-19-,25-22?. The summed E-state index contributed by atoms with van der Waals surface area (Å²) in [6.45, 7) is 0. The van der Waals surface area contributed by atoms with E-state index < -0.39 is 10.9 Å². The lowest BCUT2D eigenvalue weighted by Gasteiger charge is -2.14. The summed E-state index contributed by atoms with van der Waals surface area (Å²) in [6.07, 6.45) is 0. The molecule has 0 unspecified atom stereocenters. The summed E-state index contributed by atoms with van der Waals surface area (Å²) < 4.78 is 0. The maximum Gasteiger partial charge on any atom is 0.266 e. The van der Waals surface area contributed by atoms with Gasteiger partial charge in [0.25, 0.3) is 5.12 Å². The Morgan fingerprint density at radius 1 is 0.750 bits per heavy atom. The van der Waals surface area contributed by atoms with Crippen molar-refractivity contribution in [1.82, 2.24) is 0 Å². The molecule has 3 aromatic carbocycles. The van der Waals surface area contributed by atoms with E-state index in [1.165, 1.54) is 0 Å². The highest BCUT2D eigenvalue weighted by atomic mass is 32.2. The van der Waals surface area contributed by atoms with Crippen LogP contribution < -0.4 is 5.32 Å². The molecule has 0 atom stereocenters. The predicted octanol–water partition coefficient (Wildman–Crippen LogP) is 5.08. The predicted molar refractivity (Wildman–Crippen MR) is 115 cm³/mol. The third-order valence-corrected chi connectivity index (χ3v) is 5.02. The number of nitrogens with zero attached hydrogens (tertiary/aromatic N) is 1. The molecule has 0 bridgehead atoms. The van der Waals surface area contributed by atoms with Gasteiger partial charge in [0.05, 0.1) is 17.0 Å². The van der Waals surface area contributed by atoms with Crippen molar-refractivity contribution in [3.8, 4) is 0 Å². The van der Waals surface area contributed by atoms with Gasteiger partial charge >= 0.3 is 0 Å². The average Bonchev–Trinajstić information content (AvgIpc) is 3.01. The van der Waals surface area contributed by atoms with E-state index in [1.807, 2.05) is 91.0 Å². The van der Waals surface area contributed by atoms with E-state index in [0.717, 1.165) is 23.0 Å². The summed E-state index contributed by atoms with van der Waals surface area (Å²) in [6, 6.07) is 28.4. The molecule has 0 amide bonds. The topological polar surface area (TPSA) is 58.5 Å². The Hall–Kier alpha value is -3.44. The largest absolute Gasteiger partial charge is 0.354 e. The molecule has 1 saturated heterocycles. The quantitative estimate of drug-likeness (QED) is 0.503. The second-order valence-electron chi connectivity index (χ2n) is 6.08. The minimum absolute atomic E-state index is 0.300. The molecule has 136 valence electrons. The Morgan fingerprint density at radius 2 is 1.32 bits per heavy atom. The molecule has 4 rings (SSSR count). The Morgan fingerprint density at radius 3 is 1.96 bits per heavy atom. The smallest absolute Gasteiger partial charge is 0.266 e. The van der Waals surface area contributed by atoms with Crippen LogP contribution in [0.2, 0.25) is 0 Å². The van der Waals surface area contributed by atoms with Crippen molar-refractivity contribution < 1.29 is 9.59 Å². The number of ketones is 1. The number of para-hydroxylation sites is 2. The highest BCUT2D eigenvalue weighted by molar-refractivity contribution is 8.29. The first-order valence-corrected chi connectivity index (χ1v) is 9.56. The summed E-state index contributed by atoms with van der Waals surface area (Å²) in [5.74, 6) is -0.540. The molecule has 0 aliphatic carbocycles. The minimum atomic E-state index is -0.540. The Kier molecular flexibility index (Phi) is 5.17. The molecular weight excluding hydrogens is 368 g/mol. The molecule has 3 aromatic rings. The second-order valence-corrected chi connectivity index (χ2v) is 7.04. The normalized spacial score (nSPS) is 17.1. The van der Waals surface area contributed by atoms with E-state index in [-0.39, 0.29) is 0 Å². The van der Waals surface area contributed by atoms with Gasteiger partial charge in [0.15, 0.2) is 0 Å². The highest BCUT2D eigenvalue weighted by Crippen LogP contribution is 2.34. The number of anilines is 1. The van der Waals surface area contributed by atoms with Gasteiger partial charge in [-0.15, -0.1) is 0 Å². The molecule has 0 saturated carbocycles. The van der Waals surface area contributed by atoms with Crippen LogP contribution >= 0.6 is 11.8 Å². The van der Waals surface area contributed by atoms with Crippen LogP contribution in [0.4, 0.5) is 11.4 Å². The molecule has 0 aromatic heterocycles. The summed E-state index contributed by atoms with van der Waals surface area (Å²) in [4.78, 5) is 29.6. The first kappa shape index (κ1) is 17.9. The fourth-order valence-electron chi connectivity index (χ4n) is 2.85. The van der Waals surface area contributed by atoms with Crippen molar-refractivity contribution >= 4 is 44.8 Å². The molecule has 0 radical (unpaired) electrons. The number of rotatable bonds is 4. The number of nitrogens with one attached hydrogen (secondary N) is 1. The van der Waals surface area contributed by atoms with Gasteiger partial charge in [0.1, 0.15) is 5.04 Å². The summed E-state index contributed by atoms with van der Waals surface area (Å²) in [5.41, 5.74) is 3.20. The zero-order chi connectivity index (χ0) is 19.3. The molecule has 28 heavy (non-hydrogen) atoms.